The molecule has 0 atom stereocenters. The molecule has 2 fully saturated rings. The van der Waals surface area contributed by atoms with E-state index in [1.165, 1.54) is 0 Å². The maximum Gasteiger partial charge on any atom is 0.416 e. The van der Waals surface area contributed by atoms with Crippen molar-refractivity contribution in [3.63, 3.8) is 0 Å². The summed E-state index contributed by atoms with van der Waals surface area (Å²) in [4.78, 5) is 6.68. The second-order valence-corrected chi connectivity index (χ2v) is 7.25. The Bertz CT molecular complexity index is 565. The van der Waals surface area contributed by atoms with Gasteiger partial charge in [-0.3, -0.25) is 0 Å². The quantitative estimate of drug-likeness (QED) is 0.404. The Hall–Kier alpha value is -0.640. The number of hydrogen-bond donors (Lipinski definition) is 1. The van der Waals surface area contributed by atoms with Crippen LogP contribution in [0.5, 0.6) is 0 Å². The predicted molar refractivity (Wildman–Crippen MR) is 103 cm³/mol. The molecule has 1 saturated heterocycles. The topological polar surface area (TPSA) is 41.6 Å². The van der Waals surface area contributed by atoms with Crippen LogP contribution in [-0.4, -0.2) is 41.5 Å². The van der Waals surface area contributed by atoms with Gasteiger partial charge in [0.05, 0.1) is 11.6 Å². The fraction of sp³-hybridized carbons (Fsp3) is 0.562. The molecule has 0 amide bonds. The van der Waals surface area contributed by atoms with Gasteiger partial charge in [0.2, 0.25) is 0 Å². The predicted octanol–water partition coefficient (Wildman–Crippen LogP) is 3.93. The molecule has 1 aromatic carbocycles. The van der Waals surface area contributed by atoms with Crippen LogP contribution in [0.2, 0.25) is 0 Å². The van der Waals surface area contributed by atoms with E-state index in [0.29, 0.717) is 5.96 Å². The lowest BCUT2D eigenvalue weighted by atomic mass is 9.76. The van der Waals surface area contributed by atoms with E-state index in [1.54, 1.807) is 12.1 Å². The molecular formula is C16H21F3IN3S. The van der Waals surface area contributed by atoms with Gasteiger partial charge >= 0.3 is 6.18 Å². The van der Waals surface area contributed by atoms with Crippen molar-refractivity contribution in [3.05, 3.63) is 35.4 Å². The number of thioether (sulfide) groups is 1. The van der Waals surface area contributed by atoms with Gasteiger partial charge in [-0.25, -0.2) is 4.99 Å². The summed E-state index contributed by atoms with van der Waals surface area (Å²) in [6.07, 6.45) is -2.56. The summed E-state index contributed by atoms with van der Waals surface area (Å²) in [5, 5.41) is 0. The molecule has 1 aliphatic heterocycles. The monoisotopic (exact) mass is 471 g/mol. The number of rotatable bonds is 2. The Balaban J connectivity index is 0.00000208. The number of aliphatic imine (C=N–C) groups is 1. The zero-order valence-corrected chi connectivity index (χ0v) is 16.3. The number of nitrogens with two attached hydrogens (primary N) is 1. The van der Waals surface area contributed by atoms with Gasteiger partial charge in [-0.2, -0.15) is 24.9 Å². The SMILES string of the molecule is I.NC(=NC1CC(c2ccc(C(F)(F)F)cc2)C1)N1CCSCC1. The van der Waals surface area contributed by atoms with Crippen LogP contribution in [0.15, 0.2) is 29.3 Å². The van der Waals surface area contributed by atoms with E-state index in [4.69, 9.17) is 5.73 Å². The second-order valence-electron chi connectivity index (χ2n) is 6.03. The molecule has 0 aromatic heterocycles. The molecule has 3 rings (SSSR count). The Morgan fingerprint density at radius 2 is 1.71 bits per heavy atom. The van der Waals surface area contributed by atoms with Crippen molar-refractivity contribution < 1.29 is 13.2 Å². The molecule has 1 aliphatic carbocycles. The first-order valence-corrected chi connectivity index (χ1v) is 8.92. The highest BCUT2D eigenvalue weighted by atomic mass is 127. The molecule has 8 heteroatoms. The van der Waals surface area contributed by atoms with Crippen molar-refractivity contribution in [1.29, 1.82) is 0 Å². The molecule has 1 saturated carbocycles. The first-order valence-electron chi connectivity index (χ1n) is 7.76. The number of alkyl halides is 3. The van der Waals surface area contributed by atoms with Gasteiger partial charge in [0.15, 0.2) is 5.96 Å². The average Bonchev–Trinajstić information content (AvgIpc) is 2.50. The standard InChI is InChI=1S/C16H20F3N3S.HI/c17-16(18,19)13-3-1-11(2-4-13)12-9-14(10-12)21-15(20)22-5-7-23-8-6-22;/h1-4,12,14H,5-10H2,(H2,20,21);1H. The van der Waals surface area contributed by atoms with E-state index in [9.17, 15) is 13.2 Å². The van der Waals surface area contributed by atoms with Gasteiger partial charge in [-0.15, -0.1) is 24.0 Å². The third-order valence-corrected chi connectivity index (χ3v) is 5.42. The summed E-state index contributed by atoms with van der Waals surface area (Å²) >= 11 is 1.92. The zero-order valence-electron chi connectivity index (χ0n) is 13.1. The molecule has 1 heterocycles. The van der Waals surface area contributed by atoms with Gasteiger partial charge in [0.25, 0.3) is 0 Å². The van der Waals surface area contributed by atoms with E-state index < -0.39 is 11.7 Å². The van der Waals surface area contributed by atoms with Crippen molar-refractivity contribution in [2.24, 2.45) is 10.7 Å². The molecule has 1 aromatic rings. The van der Waals surface area contributed by atoms with Crippen molar-refractivity contribution in [2.45, 2.75) is 31.0 Å². The lowest BCUT2D eigenvalue weighted by Gasteiger charge is -2.35. The summed E-state index contributed by atoms with van der Waals surface area (Å²) in [6.45, 7) is 1.88. The number of halogens is 4. The zero-order chi connectivity index (χ0) is 16.4. The van der Waals surface area contributed by atoms with E-state index in [2.05, 4.69) is 9.89 Å². The first-order chi connectivity index (χ1) is 10.9. The van der Waals surface area contributed by atoms with E-state index in [0.717, 1.165) is 55.1 Å². The Morgan fingerprint density at radius 3 is 2.25 bits per heavy atom. The summed E-state index contributed by atoms with van der Waals surface area (Å²) in [6, 6.07) is 5.67. The lowest BCUT2D eigenvalue weighted by Crippen LogP contribution is -2.44. The fourth-order valence-electron chi connectivity index (χ4n) is 2.97. The fourth-order valence-corrected chi connectivity index (χ4v) is 3.87. The van der Waals surface area contributed by atoms with Crippen LogP contribution in [-0.2, 0) is 6.18 Å². The van der Waals surface area contributed by atoms with Crippen LogP contribution in [0.3, 0.4) is 0 Å². The Morgan fingerprint density at radius 1 is 1.12 bits per heavy atom. The molecular weight excluding hydrogens is 450 g/mol. The molecule has 134 valence electrons. The highest BCUT2D eigenvalue weighted by Crippen LogP contribution is 2.40. The molecule has 0 spiro atoms. The van der Waals surface area contributed by atoms with Gasteiger partial charge in [-0.05, 0) is 36.5 Å². The van der Waals surface area contributed by atoms with Crippen molar-refractivity contribution in [1.82, 2.24) is 4.90 Å². The van der Waals surface area contributed by atoms with Crippen LogP contribution >= 0.6 is 35.7 Å². The van der Waals surface area contributed by atoms with Crippen LogP contribution < -0.4 is 5.73 Å². The first kappa shape index (κ1) is 19.7. The number of nitrogens with zero attached hydrogens (tertiary/aromatic N) is 2. The molecule has 24 heavy (non-hydrogen) atoms. The van der Waals surface area contributed by atoms with E-state index in [-0.39, 0.29) is 35.9 Å². The van der Waals surface area contributed by atoms with Crippen LogP contribution in [0.4, 0.5) is 13.2 Å². The maximum atomic E-state index is 12.6. The number of benzene rings is 1. The second kappa shape index (κ2) is 8.16. The van der Waals surface area contributed by atoms with Gasteiger partial charge in [-0.1, -0.05) is 12.1 Å². The minimum Gasteiger partial charge on any atom is -0.370 e. The van der Waals surface area contributed by atoms with Gasteiger partial charge in [0.1, 0.15) is 0 Å². The maximum absolute atomic E-state index is 12.6. The minimum absolute atomic E-state index is 0. The average molecular weight is 471 g/mol. The number of guanidine groups is 1. The minimum atomic E-state index is -4.27. The molecule has 2 aliphatic rings. The van der Waals surface area contributed by atoms with Crippen molar-refractivity contribution >= 4 is 41.7 Å². The van der Waals surface area contributed by atoms with E-state index in [1.807, 2.05) is 11.8 Å². The van der Waals surface area contributed by atoms with Crippen LogP contribution in [0, 0.1) is 0 Å². The van der Waals surface area contributed by atoms with Crippen molar-refractivity contribution in [2.75, 3.05) is 24.6 Å². The van der Waals surface area contributed by atoms with Crippen LogP contribution in [0.1, 0.15) is 29.9 Å². The van der Waals surface area contributed by atoms with Crippen molar-refractivity contribution in [3.8, 4) is 0 Å². The van der Waals surface area contributed by atoms with E-state index >= 15 is 0 Å². The summed E-state index contributed by atoms with van der Waals surface area (Å²) in [5.41, 5.74) is 6.41. The third kappa shape index (κ3) is 4.71. The summed E-state index contributed by atoms with van der Waals surface area (Å²) < 4.78 is 37.7. The number of hydrogen-bond acceptors (Lipinski definition) is 2. The lowest BCUT2D eigenvalue weighted by molar-refractivity contribution is -0.137. The molecule has 3 nitrogen and oxygen atoms in total. The summed E-state index contributed by atoms with van der Waals surface area (Å²) in [7, 11) is 0. The molecule has 0 bridgehead atoms. The molecule has 0 unspecified atom stereocenters. The highest BCUT2D eigenvalue weighted by Gasteiger charge is 2.33. The summed E-state index contributed by atoms with van der Waals surface area (Å²) in [5.74, 6) is 3.06. The van der Waals surface area contributed by atoms with Gasteiger partial charge in [0, 0.05) is 24.6 Å². The normalized spacial score (nSPS) is 25.0. The Labute approximate surface area is 161 Å². The third-order valence-electron chi connectivity index (χ3n) is 4.47. The smallest absolute Gasteiger partial charge is 0.370 e. The van der Waals surface area contributed by atoms with Crippen LogP contribution in [0.25, 0.3) is 0 Å². The Kier molecular flexibility index (Phi) is 6.69. The van der Waals surface area contributed by atoms with Gasteiger partial charge < -0.3 is 10.6 Å². The molecule has 2 N–H and O–H groups in total. The molecule has 0 radical (unpaired) electrons. The largest absolute Gasteiger partial charge is 0.416 e. The highest BCUT2D eigenvalue weighted by molar-refractivity contribution is 14.0.